The van der Waals surface area contributed by atoms with Crippen LogP contribution >= 0.6 is 15.9 Å². The fourth-order valence-electron chi connectivity index (χ4n) is 5.36. The van der Waals surface area contributed by atoms with E-state index in [1.165, 1.54) is 24.8 Å². The quantitative estimate of drug-likeness (QED) is 0.884. The average Bonchev–Trinajstić information content (AvgIpc) is 2.34. The SMILES string of the molecule is OC12CC3CC(C1)CC(NCc1cccc(Br)c1)(C3)C2. The predicted octanol–water partition coefficient (Wildman–Crippen LogP) is 3.62. The van der Waals surface area contributed by atoms with Crippen molar-refractivity contribution < 1.29 is 5.11 Å². The maximum Gasteiger partial charge on any atom is 0.0670 e. The second-order valence-corrected chi connectivity index (χ2v) is 8.36. The van der Waals surface area contributed by atoms with E-state index < -0.39 is 0 Å². The van der Waals surface area contributed by atoms with Crippen LogP contribution in [0.3, 0.4) is 0 Å². The number of aliphatic hydroxyl groups is 1. The number of hydrogen-bond donors (Lipinski definition) is 2. The summed E-state index contributed by atoms with van der Waals surface area (Å²) in [4.78, 5) is 0. The van der Waals surface area contributed by atoms with Crippen molar-refractivity contribution in [2.24, 2.45) is 11.8 Å². The van der Waals surface area contributed by atoms with Gasteiger partial charge in [-0.3, -0.25) is 0 Å². The Morgan fingerprint density at radius 1 is 1.20 bits per heavy atom. The lowest BCUT2D eigenvalue weighted by atomic mass is 9.51. The molecule has 1 aromatic carbocycles. The molecule has 0 spiro atoms. The summed E-state index contributed by atoms with van der Waals surface area (Å²) in [5.41, 5.74) is 1.15. The van der Waals surface area contributed by atoms with E-state index in [1.54, 1.807) is 0 Å². The van der Waals surface area contributed by atoms with Crippen molar-refractivity contribution in [3.63, 3.8) is 0 Å². The lowest BCUT2D eigenvalue weighted by Gasteiger charge is -2.60. The van der Waals surface area contributed by atoms with E-state index in [9.17, 15) is 5.11 Å². The summed E-state index contributed by atoms with van der Waals surface area (Å²) >= 11 is 3.54. The molecule has 20 heavy (non-hydrogen) atoms. The van der Waals surface area contributed by atoms with Gasteiger partial charge in [-0.2, -0.15) is 0 Å². The van der Waals surface area contributed by atoms with E-state index in [0.29, 0.717) is 0 Å². The van der Waals surface area contributed by atoms with Crippen LogP contribution in [0.25, 0.3) is 0 Å². The van der Waals surface area contributed by atoms with E-state index in [2.05, 4.69) is 45.5 Å². The smallest absolute Gasteiger partial charge is 0.0670 e. The van der Waals surface area contributed by atoms with Gasteiger partial charge in [-0.25, -0.2) is 0 Å². The van der Waals surface area contributed by atoms with Gasteiger partial charge in [0, 0.05) is 16.6 Å². The summed E-state index contributed by atoms with van der Waals surface area (Å²) in [6, 6.07) is 8.51. The molecular weight excluding hydrogens is 314 g/mol. The van der Waals surface area contributed by atoms with E-state index >= 15 is 0 Å². The average molecular weight is 336 g/mol. The lowest BCUT2D eigenvalue weighted by Crippen LogP contribution is -2.64. The molecule has 4 aliphatic rings. The Hall–Kier alpha value is -0.380. The Kier molecular flexibility index (Phi) is 3.03. The molecule has 0 saturated heterocycles. The first kappa shape index (κ1) is 13.3. The topological polar surface area (TPSA) is 32.3 Å². The van der Waals surface area contributed by atoms with E-state index in [4.69, 9.17) is 0 Å². The Labute approximate surface area is 129 Å². The molecule has 4 bridgehead atoms. The number of rotatable bonds is 3. The van der Waals surface area contributed by atoms with Crippen LogP contribution in [0.4, 0.5) is 0 Å². The summed E-state index contributed by atoms with van der Waals surface area (Å²) in [5.74, 6) is 1.49. The number of halogens is 1. The Morgan fingerprint density at radius 3 is 2.60 bits per heavy atom. The monoisotopic (exact) mass is 335 g/mol. The van der Waals surface area contributed by atoms with Gasteiger partial charge in [-0.15, -0.1) is 0 Å². The highest BCUT2D eigenvalue weighted by Gasteiger charge is 2.56. The molecule has 0 heterocycles. The fraction of sp³-hybridized carbons (Fsp3) is 0.647. The second-order valence-electron chi connectivity index (χ2n) is 7.45. The summed E-state index contributed by atoms with van der Waals surface area (Å²) in [7, 11) is 0. The van der Waals surface area contributed by atoms with Crippen molar-refractivity contribution in [1.82, 2.24) is 5.32 Å². The van der Waals surface area contributed by atoms with Gasteiger partial charge in [-0.05, 0) is 68.1 Å². The molecule has 1 aromatic rings. The maximum absolute atomic E-state index is 10.8. The molecule has 5 rings (SSSR count). The standard InChI is InChI=1S/C17H22BrNO/c18-15-3-1-2-12(5-15)10-19-16-6-13-4-14(7-16)9-17(20,8-13)11-16/h1-3,5,13-14,19-20H,4,6-11H2. The van der Waals surface area contributed by atoms with Crippen molar-refractivity contribution in [1.29, 1.82) is 0 Å². The van der Waals surface area contributed by atoms with Crippen molar-refractivity contribution in [2.75, 3.05) is 0 Å². The highest BCUT2D eigenvalue weighted by molar-refractivity contribution is 9.10. The first-order valence-corrected chi connectivity index (χ1v) is 8.55. The molecule has 0 aromatic heterocycles. The van der Waals surface area contributed by atoms with Gasteiger partial charge in [0.15, 0.2) is 0 Å². The van der Waals surface area contributed by atoms with Gasteiger partial charge in [0.1, 0.15) is 0 Å². The third kappa shape index (κ3) is 2.34. The van der Waals surface area contributed by atoms with Gasteiger partial charge in [-0.1, -0.05) is 28.1 Å². The summed E-state index contributed by atoms with van der Waals surface area (Å²) < 4.78 is 1.14. The zero-order valence-electron chi connectivity index (χ0n) is 11.7. The van der Waals surface area contributed by atoms with Crippen LogP contribution in [0.15, 0.2) is 28.7 Å². The number of nitrogens with one attached hydrogen (secondary N) is 1. The van der Waals surface area contributed by atoms with Crippen LogP contribution in [-0.2, 0) is 6.54 Å². The van der Waals surface area contributed by atoms with Crippen LogP contribution < -0.4 is 5.32 Å². The summed E-state index contributed by atoms with van der Waals surface area (Å²) in [6.45, 7) is 0.912. The van der Waals surface area contributed by atoms with E-state index in [0.717, 1.165) is 42.1 Å². The molecule has 0 aliphatic heterocycles. The normalized spacial score (nSPS) is 42.1. The fourth-order valence-corrected chi connectivity index (χ4v) is 5.80. The third-order valence-corrected chi connectivity index (χ3v) is 6.08. The van der Waals surface area contributed by atoms with E-state index in [1.807, 2.05) is 0 Å². The maximum atomic E-state index is 10.8. The first-order chi connectivity index (χ1) is 9.54. The molecule has 4 saturated carbocycles. The Balaban J connectivity index is 1.51. The van der Waals surface area contributed by atoms with Crippen LogP contribution in [0.5, 0.6) is 0 Å². The summed E-state index contributed by atoms with van der Waals surface area (Å²) in [5, 5.41) is 14.6. The van der Waals surface area contributed by atoms with Gasteiger partial charge < -0.3 is 10.4 Å². The number of hydrogen-bond acceptors (Lipinski definition) is 2. The molecule has 108 valence electrons. The molecule has 2 nitrogen and oxygen atoms in total. The highest BCUT2D eigenvalue weighted by atomic mass is 79.9. The van der Waals surface area contributed by atoms with Crippen molar-refractivity contribution in [2.45, 2.75) is 56.2 Å². The van der Waals surface area contributed by atoms with Gasteiger partial charge in [0.25, 0.3) is 0 Å². The first-order valence-electron chi connectivity index (χ1n) is 7.76. The van der Waals surface area contributed by atoms with Crippen LogP contribution in [0.2, 0.25) is 0 Å². The molecule has 2 N–H and O–H groups in total. The Bertz CT molecular complexity index is 515. The molecular formula is C17H22BrNO. The Morgan fingerprint density at radius 2 is 1.95 bits per heavy atom. The van der Waals surface area contributed by atoms with Crippen molar-refractivity contribution >= 4 is 15.9 Å². The van der Waals surface area contributed by atoms with Crippen molar-refractivity contribution in [3.05, 3.63) is 34.3 Å². The predicted molar refractivity (Wildman–Crippen MR) is 83.3 cm³/mol. The van der Waals surface area contributed by atoms with Gasteiger partial charge in [0.05, 0.1) is 5.60 Å². The third-order valence-electron chi connectivity index (χ3n) is 5.59. The number of benzene rings is 1. The lowest BCUT2D eigenvalue weighted by molar-refractivity contribution is -0.142. The highest BCUT2D eigenvalue weighted by Crippen LogP contribution is 2.57. The van der Waals surface area contributed by atoms with Crippen LogP contribution in [0, 0.1) is 11.8 Å². The van der Waals surface area contributed by atoms with Crippen LogP contribution in [-0.4, -0.2) is 16.2 Å². The minimum atomic E-state index is -0.367. The van der Waals surface area contributed by atoms with E-state index in [-0.39, 0.29) is 11.1 Å². The zero-order chi connectivity index (χ0) is 13.8. The van der Waals surface area contributed by atoms with Crippen LogP contribution in [0.1, 0.15) is 44.1 Å². The second kappa shape index (κ2) is 4.56. The molecule has 2 unspecified atom stereocenters. The molecule has 0 amide bonds. The minimum absolute atomic E-state index is 0.196. The van der Waals surface area contributed by atoms with Gasteiger partial charge in [0.2, 0.25) is 0 Å². The largest absolute Gasteiger partial charge is 0.390 e. The molecule has 4 aliphatic carbocycles. The molecule has 4 fully saturated rings. The minimum Gasteiger partial charge on any atom is -0.390 e. The summed E-state index contributed by atoms with van der Waals surface area (Å²) in [6.07, 6.45) is 6.93. The van der Waals surface area contributed by atoms with Gasteiger partial charge >= 0.3 is 0 Å². The molecule has 2 atom stereocenters. The molecule has 3 heteroatoms. The van der Waals surface area contributed by atoms with Crippen molar-refractivity contribution in [3.8, 4) is 0 Å². The zero-order valence-corrected chi connectivity index (χ0v) is 13.3. The molecule has 0 radical (unpaired) electrons.